The fraction of sp³-hybridized carbons (Fsp3) is 0.500. The topological polar surface area (TPSA) is 79.3 Å². The minimum Gasteiger partial charge on any atom is -0.395 e. The largest absolute Gasteiger partial charge is 0.395 e. The van der Waals surface area contributed by atoms with Gasteiger partial charge in [-0.15, -0.1) is 0 Å². The molecule has 2 saturated carbocycles. The molecule has 0 bridgehead atoms. The van der Waals surface area contributed by atoms with Crippen molar-refractivity contribution in [2.45, 2.75) is 48.8 Å². The number of hydrogen-bond donors (Lipinski definition) is 2. The Kier molecular flexibility index (Phi) is 5.54. The monoisotopic (exact) mass is 400 g/mol. The van der Waals surface area contributed by atoms with Crippen molar-refractivity contribution in [1.82, 2.24) is 9.71 Å². The summed E-state index contributed by atoms with van der Waals surface area (Å²) in [6.07, 6.45) is 8.39. The number of benzene rings is 1. The van der Waals surface area contributed by atoms with Crippen molar-refractivity contribution in [3.05, 3.63) is 59.9 Å². The van der Waals surface area contributed by atoms with Gasteiger partial charge in [0.2, 0.25) is 10.0 Å². The summed E-state index contributed by atoms with van der Waals surface area (Å²) in [6.45, 7) is 0.452. The number of sulfonamides is 1. The van der Waals surface area contributed by atoms with Gasteiger partial charge in [0, 0.05) is 30.3 Å². The maximum absolute atomic E-state index is 12.6. The standard InChI is InChI=1S/C22H28N2O3S/c25-16-22(15-21(22)17-5-1-2-6-17)18-8-10-20(11-9-18)28(26,27)24-14-12-19-7-3-4-13-23-19/h3-4,7-11,13,17,21,24-25H,1-2,5-6,12,14-16H2. The third kappa shape index (κ3) is 3.86. The molecule has 4 rings (SSSR count). The van der Waals surface area contributed by atoms with Crippen LogP contribution in [0.25, 0.3) is 0 Å². The Labute approximate surface area is 167 Å². The van der Waals surface area contributed by atoms with Crippen LogP contribution in [0.5, 0.6) is 0 Å². The summed E-state index contributed by atoms with van der Waals surface area (Å²) in [5, 5.41) is 10.1. The fourth-order valence-electron chi connectivity index (χ4n) is 4.82. The molecule has 2 fully saturated rings. The van der Waals surface area contributed by atoms with Crippen LogP contribution < -0.4 is 4.72 Å². The summed E-state index contributed by atoms with van der Waals surface area (Å²) < 4.78 is 27.8. The lowest BCUT2D eigenvalue weighted by Crippen LogP contribution is -2.26. The van der Waals surface area contributed by atoms with Crippen LogP contribution in [0.15, 0.2) is 53.6 Å². The second kappa shape index (κ2) is 7.93. The summed E-state index contributed by atoms with van der Waals surface area (Å²) in [4.78, 5) is 4.47. The van der Waals surface area contributed by atoms with E-state index in [1.165, 1.54) is 25.7 Å². The van der Waals surface area contributed by atoms with E-state index < -0.39 is 10.0 Å². The quantitative estimate of drug-likeness (QED) is 0.714. The van der Waals surface area contributed by atoms with Gasteiger partial charge in [0.05, 0.1) is 11.5 Å². The van der Waals surface area contributed by atoms with Crippen molar-refractivity contribution in [2.24, 2.45) is 11.8 Å². The van der Waals surface area contributed by atoms with Crippen LogP contribution in [0.1, 0.15) is 43.4 Å². The van der Waals surface area contributed by atoms with Crippen molar-refractivity contribution in [2.75, 3.05) is 13.2 Å². The number of rotatable bonds is 8. The maximum Gasteiger partial charge on any atom is 0.240 e. The first-order valence-corrected chi connectivity index (χ1v) is 11.6. The van der Waals surface area contributed by atoms with Gasteiger partial charge < -0.3 is 5.11 Å². The second-order valence-corrected chi connectivity index (χ2v) is 9.93. The van der Waals surface area contributed by atoms with Gasteiger partial charge in [0.15, 0.2) is 0 Å². The molecule has 6 heteroatoms. The van der Waals surface area contributed by atoms with E-state index in [0.29, 0.717) is 24.8 Å². The van der Waals surface area contributed by atoms with Gasteiger partial charge in [-0.3, -0.25) is 4.98 Å². The fourth-order valence-corrected chi connectivity index (χ4v) is 5.86. The number of aliphatic hydroxyl groups excluding tert-OH is 1. The molecule has 0 saturated heterocycles. The smallest absolute Gasteiger partial charge is 0.240 e. The van der Waals surface area contributed by atoms with E-state index in [4.69, 9.17) is 0 Å². The molecule has 28 heavy (non-hydrogen) atoms. The molecule has 2 aliphatic rings. The number of aliphatic hydroxyl groups is 1. The Morgan fingerprint density at radius 3 is 2.50 bits per heavy atom. The molecule has 2 atom stereocenters. The second-order valence-electron chi connectivity index (χ2n) is 8.16. The minimum absolute atomic E-state index is 0.141. The van der Waals surface area contributed by atoms with Gasteiger partial charge in [0.1, 0.15) is 0 Å². The minimum atomic E-state index is -3.55. The highest BCUT2D eigenvalue weighted by Gasteiger charge is 2.57. The van der Waals surface area contributed by atoms with Crippen molar-refractivity contribution in [3.8, 4) is 0 Å². The number of nitrogens with zero attached hydrogens (tertiary/aromatic N) is 1. The molecular formula is C22H28N2O3S. The summed E-state index contributed by atoms with van der Waals surface area (Å²) in [5.41, 5.74) is 1.76. The Hall–Kier alpha value is -1.76. The molecule has 150 valence electrons. The molecule has 2 unspecified atom stereocenters. The summed E-state index contributed by atoms with van der Waals surface area (Å²) in [5.74, 6) is 1.25. The molecule has 5 nitrogen and oxygen atoms in total. The average molecular weight is 401 g/mol. The molecule has 1 heterocycles. The normalized spacial score (nSPS) is 25.1. The van der Waals surface area contributed by atoms with Crippen molar-refractivity contribution in [3.63, 3.8) is 0 Å². The first kappa shape index (κ1) is 19.6. The van der Waals surface area contributed by atoms with Crippen LogP contribution in [0, 0.1) is 11.8 Å². The predicted octanol–water partition coefficient (Wildman–Crippen LogP) is 3.04. The predicted molar refractivity (Wildman–Crippen MR) is 108 cm³/mol. The van der Waals surface area contributed by atoms with Gasteiger partial charge >= 0.3 is 0 Å². The van der Waals surface area contributed by atoms with Gasteiger partial charge in [0.25, 0.3) is 0 Å². The van der Waals surface area contributed by atoms with E-state index in [0.717, 1.165) is 17.7 Å². The molecule has 0 spiro atoms. The molecular weight excluding hydrogens is 372 g/mol. The van der Waals surface area contributed by atoms with E-state index in [-0.39, 0.29) is 16.9 Å². The number of aromatic nitrogens is 1. The highest BCUT2D eigenvalue weighted by Crippen LogP contribution is 2.60. The summed E-state index contributed by atoms with van der Waals surface area (Å²) in [6, 6.07) is 12.7. The lowest BCUT2D eigenvalue weighted by atomic mass is 9.88. The zero-order valence-corrected chi connectivity index (χ0v) is 16.9. The van der Waals surface area contributed by atoms with Gasteiger partial charge in [-0.25, -0.2) is 13.1 Å². The first-order valence-electron chi connectivity index (χ1n) is 10.2. The summed E-state index contributed by atoms with van der Waals surface area (Å²) >= 11 is 0. The van der Waals surface area contributed by atoms with Crippen molar-refractivity contribution >= 4 is 10.0 Å². The van der Waals surface area contributed by atoms with Crippen LogP contribution >= 0.6 is 0 Å². The number of pyridine rings is 1. The first-order chi connectivity index (χ1) is 13.5. The van der Waals surface area contributed by atoms with E-state index in [9.17, 15) is 13.5 Å². The van der Waals surface area contributed by atoms with E-state index in [1.807, 2.05) is 30.3 Å². The molecule has 2 aromatic rings. The van der Waals surface area contributed by atoms with Crippen LogP contribution in [-0.4, -0.2) is 31.7 Å². The van der Waals surface area contributed by atoms with E-state index in [2.05, 4.69) is 9.71 Å². The van der Waals surface area contributed by atoms with E-state index >= 15 is 0 Å². The molecule has 0 amide bonds. The van der Waals surface area contributed by atoms with Crippen molar-refractivity contribution in [1.29, 1.82) is 0 Å². The number of hydrogen-bond acceptors (Lipinski definition) is 4. The number of nitrogens with one attached hydrogen (secondary N) is 1. The highest BCUT2D eigenvalue weighted by atomic mass is 32.2. The third-order valence-corrected chi connectivity index (χ3v) is 8.00. The lowest BCUT2D eigenvalue weighted by molar-refractivity contribution is 0.233. The Bertz CT molecular complexity index is 893. The van der Waals surface area contributed by atoms with Crippen LogP contribution in [0.2, 0.25) is 0 Å². The van der Waals surface area contributed by atoms with Crippen LogP contribution in [0.4, 0.5) is 0 Å². The van der Waals surface area contributed by atoms with E-state index in [1.54, 1.807) is 18.3 Å². The Morgan fingerprint density at radius 1 is 1.11 bits per heavy atom. The molecule has 2 N–H and O–H groups in total. The molecule has 0 aliphatic heterocycles. The molecule has 1 aromatic carbocycles. The maximum atomic E-state index is 12.6. The SMILES string of the molecule is O=S(=O)(NCCc1ccccn1)c1ccc(C2(CO)CC2C2CCCC2)cc1. The molecule has 0 radical (unpaired) electrons. The summed E-state index contributed by atoms with van der Waals surface area (Å²) in [7, 11) is -3.55. The zero-order valence-electron chi connectivity index (χ0n) is 16.0. The average Bonchev–Trinajstić information content (AvgIpc) is 3.22. The van der Waals surface area contributed by atoms with Crippen LogP contribution in [0.3, 0.4) is 0 Å². The molecule has 2 aliphatic carbocycles. The van der Waals surface area contributed by atoms with Gasteiger partial charge in [-0.2, -0.15) is 0 Å². The lowest BCUT2D eigenvalue weighted by Gasteiger charge is -2.19. The Morgan fingerprint density at radius 2 is 1.86 bits per heavy atom. The molecule has 1 aromatic heterocycles. The zero-order chi connectivity index (χ0) is 19.6. The van der Waals surface area contributed by atoms with Crippen molar-refractivity contribution < 1.29 is 13.5 Å². The Balaban J connectivity index is 1.40. The van der Waals surface area contributed by atoms with Gasteiger partial charge in [-0.1, -0.05) is 43.9 Å². The van der Waals surface area contributed by atoms with Gasteiger partial charge in [-0.05, 0) is 48.1 Å². The van der Waals surface area contributed by atoms with Crippen LogP contribution in [-0.2, 0) is 21.9 Å². The third-order valence-electron chi connectivity index (χ3n) is 6.52. The highest BCUT2D eigenvalue weighted by molar-refractivity contribution is 7.89.